The van der Waals surface area contributed by atoms with Crippen LogP contribution in [0.25, 0.3) is 0 Å². The lowest BCUT2D eigenvalue weighted by molar-refractivity contribution is -0.146. The van der Waals surface area contributed by atoms with Gasteiger partial charge in [0.15, 0.2) is 6.10 Å². The lowest BCUT2D eigenvalue weighted by Gasteiger charge is -2.12. The number of hydrogen-bond acceptors (Lipinski definition) is 5. The molecule has 4 N–H and O–H groups in total. The molecule has 1 unspecified atom stereocenters. The second kappa shape index (κ2) is 5.45. The zero-order valence-corrected chi connectivity index (χ0v) is 9.54. The minimum Gasteiger partial charge on any atom is -0.479 e. The molecule has 0 aromatic heterocycles. The van der Waals surface area contributed by atoms with Gasteiger partial charge < -0.3 is 20.8 Å². The van der Waals surface area contributed by atoms with Crippen LogP contribution in [-0.2, 0) is 14.4 Å². The number of amides is 4. The number of hydrogen-bond donors (Lipinski definition) is 4. The number of likely N-dealkylation sites (tertiary alicyclic amines) is 1. The Hall–Kier alpha value is -2.16. The SMILES string of the molecule is CN1C(=O)CC(NC(=O)NC[C@H](O)C(=O)O)C1=O. The van der Waals surface area contributed by atoms with Crippen molar-refractivity contribution in [3.8, 4) is 0 Å². The normalized spacial score (nSPS) is 20.8. The van der Waals surface area contributed by atoms with Crippen LogP contribution >= 0.6 is 0 Å². The number of nitrogens with zero attached hydrogens (tertiary/aromatic N) is 1. The highest BCUT2D eigenvalue weighted by Crippen LogP contribution is 2.09. The first kappa shape index (κ1) is 13.9. The van der Waals surface area contributed by atoms with Crippen LogP contribution in [0.1, 0.15) is 6.42 Å². The second-order valence-electron chi connectivity index (χ2n) is 3.76. The molecule has 1 aliphatic heterocycles. The average molecular weight is 259 g/mol. The molecule has 0 aromatic carbocycles. The van der Waals surface area contributed by atoms with Gasteiger partial charge in [0.25, 0.3) is 5.91 Å². The van der Waals surface area contributed by atoms with Crippen molar-refractivity contribution < 1.29 is 29.4 Å². The zero-order valence-electron chi connectivity index (χ0n) is 9.54. The Kier molecular flexibility index (Phi) is 4.21. The van der Waals surface area contributed by atoms with Gasteiger partial charge in [-0.05, 0) is 0 Å². The fourth-order valence-electron chi connectivity index (χ4n) is 1.35. The fraction of sp³-hybridized carbons (Fsp3) is 0.556. The number of aliphatic hydroxyl groups is 1. The third kappa shape index (κ3) is 3.17. The summed E-state index contributed by atoms with van der Waals surface area (Å²) < 4.78 is 0. The number of likely N-dealkylation sites (N-methyl/N-ethyl adjacent to an activating group) is 1. The molecule has 1 heterocycles. The predicted octanol–water partition coefficient (Wildman–Crippen LogP) is -2.51. The molecule has 0 bridgehead atoms. The third-order valence-corrected chi connectivity index (χ3v) is 2.43. The minimum absolute atomic E-state index is 0.135. The molecule has 4 amide bonds. The summed E-state index contributed by atoms with van der Waals surface area (Å²) >= 11 is 0. The molecule has 0 aliphatic carbocycles. The van der Waals surface area contributed by atoms with Crippen LogP contribution in [0.5, 0.6) is 0 Å². The van der Waals surface area contributed by atoms with Crippen LogP contribution in [0.4, 0.5) is 4.79 Å². The Morgan fingerprint density at radius 1 is 1.50 bits per heavy atom. The number of carboxylic acids is 1. The number of imide groups is 1. The summed E-state index contributed by atoms with van der Waals surface area (Å²) in [5.41, 5.74) is 0. The number of aliphatic hydroxyl groups excluding tert-OH is 1. The molecule has 9 nitrogen and oxygen atoms in total. The molecule has 0 radical (unpaired) electrons. The van der Waals surface area contributed by atoms with Crippen molar-refractivity contribution in [1.82, 2.24) is 15.5 Å². The molecule has 1 saturated heterocycles. The van der Waals surface area contributed by atoms with Crippen molar-refractivity contribution in [3.05, 3.63) is 0 Å². The number of urea groups is 1. The van der Waals surface area contributed by atoms with E-state index in [1.807, 2.05) is 0 Å². The largest absolute Gasteiger partial charge is 0.479 e. The van der Waals surface area contributed by atoms with E-state index in [1.165, 1.54) is 7.05 Å². The van der Waals surface area contributed by atoms with E-state index in [4.69, 9.17) is 10.2 Å². The van der Waals surface area contributed by atoms with Crippen LogP contribution in [-0.4, -0.2) is 64.7 Å². The Labute approximate surface area is 102 Å². The van der Waals surface area contributed by atoms with E-state index in [0.29, 0.717) is 0 Å². The molecule has 0 saturated carbocycles. The van der Waals surface area contributed by atoms with E-state index in [1.54, 1.807) is 0 Å². The highest BCUT2D eigenvalue weighted by molar-refractivity contribution is 6.06. The molecule has 1 fully saturated rings. The van der Waals surface area contributed by atoms with Gasteiger partial charge in [-0.3, -0.25) is 14.5 Å². The predicted molar refractivity (Wildman–Crippen MR) is 56.4 cm³/mol. The highest BCUT2D eigenvalue weighted by Gasteiger charge is 2.36. The monoisotopic (exact) mass is 259 g/mol. The minimum atomic E-state index is -1.72. The van der Waals surface area contributed by atoms with Gasteiger partial charge in [-0.2, -0.15) is 0 Å². The molecule has 9 heteroatoms. The molecule has 2 atom stereocenters. The zero-order chi connectivity index (χ0) is 13.9. The van der Waals surface area contributed by atoms with E-state index >= 15 is 0 Å². The van der Waals surface area contributed by atoms with Crippen LogP contribution in [0.3, 0.4) is 0 Å². The van der Waals surface area contributed by atoms with Gasteiger partial charge in [-0.25, -0.2) is 9.59 Å². The van der Waals surface area contributed by atoms with Gasteiger partial charge in [0.1, 0.15) is 6.04 Å². The maximum Gasteiger partial charge on any atom is 0.334 e. The second-order valence-corrected chi connectivity index (χ2v) is 3.76. The van der Waals surface area contributed by atoms with E-state index in [-0.39, 0.29) is 6.42 Å². The van der Waals surface area contributed by atoms with Gasteiger partial charge in [0.05, 0.1) is 13.0 Å². The Morgan fingerprint density at radius 3 is 2.56 bits per heavy atom. The molecular weight excluding hydrogens is 246 g/mol. The van der Waals surface area contributed by atoms with Gasteiger partial charge in [-0.1, -0.05) is 0 Å². The van der Waals surface area contributed by atoms with Crippen molar-refractivity contribution in [1.29, 1.82) is 0 Å². The summed E-state index contributed by atoms with van der Waals surface area (Å²) in [5, 5.41) is 21.6. The summed E-state index contributed by atoms with van der Waals surface area (Å²) in [6.07, 6.45) is -1.86. The summed E-state index contributed by atoms with van der Waals surface area (Å²) in [6, 6.07) is -1.78. The van der Waals surface area contributed by atoms with Crippen LogP contribution in [0.15, 0.2) is 0 Å². The van der Waals surface area contributed by atoms with Gasteiger partial charge >= 0.3 is 12.0 Å². The standard InChI is InChI=1S/C9H13N3O6/c1-12-6(14)2-4(7(12)15)11-9(18)10-3-5(13)8(16)17/h4-5,13H,2-3H2,1H3,(H,16,17)(H2,10,11,18)/t4?,5-/m0/s1. The van der Waals surface area contributed by atoms with E-state index in [9.17, 15) is 19.2 Å². The first-order valence-electron chi connectivity index (χ1n) is 5.08. The van der Waals surface area contributed by atoms with E-state index in [0.717, 1.165) is 4.90 Å². The molecule has 1 aliphatic rings. The number of carbonyl (C=O) groups excluding carboxylic acids is 3. The molecular formula is C9H13N3O6. The first-order chi connectivity index (χ1) is 8.32. The summed E-state index contributed by atoms with van der Waals surface area (Å²) in [6.45, 7) is -0.494. The summed E-state index contributed by atoms with van der Waals surface area (Å²) in [7, 11) is 1.30. The lowest BCUT2D eigenvalue weighted by atomic mass is 10.2. The number of rotatable bonds is 4. The lowest BCUT2D eigenvalue weighted by Crippen LogP contribution is -2.48. The van der Waals surface area contributed by atoms with E-state index in [2.05, 4.69) is 10.6 Å². The smallest absolute Gasteiger partial charge is 0.334 e. The van der Waals surface area contributed by atoms with Crippen LogP contribution < -0.4 is 10.6 Å². The number of carboxylic acid groups (broad SMARTS) is 1. The van der Waals surface area contributed by atoms with Crippen molar-refractivity contribution in [3.63, 3.8) is 0 Å². The number of aliphatic carboxylic acids is 1. The van der Waals surface area contributed by atoms with Crippen molar-refractivity contribution in [2.24, 2.45) is 0 Å². The Bertz CT molecular complexity index is 396. The average Bonchev–Trinajstić information content (AvgIpc) is 2.54. The summed E-state index contributed by atoms with van der Waals surface area (Å²) in [4.78, 5) is 45.0. The Morgan fingerprint density at radius 2 is 2.11 bits per heavy atom. The molecule has 18 heavy (non-hydrogen) atoms. The number of carbonyl (C=O) groups is 4. The van der Waals surface area contributed by atoms with Crippen molar-refractivity contribution in [2.45, 2.75) is 18.6 Å². The van der Waals surface area contributed by atoms with Gasteiger partial charge in [-0.15, -0.1) is 0 Å². The van der Waals surface area contributed by atoms with Gasteiger partial charge in [0.2, 0.25) is 5.91 Å². The maximum atomic E-state index is 11.4. The van der Waals surface area contributed by atoms with Crippen LogP contribution in [0.2, 0.25) is 0 Å². The van der Waals surface area contributed by atoms with Crippen molar-refractivity contribution in [2.75, 3.05) is 13.6 Å². The van der Waals surface area contributed by atoms with Gasteiger partial charge in [0, 0.05) is 7.05 Å². The fourth-order valence-corrected chi connectivity index (χ4v) is 1.35. The third-order valence-electron chi connectivity index (χ3n) is 2.43. The maximum absolute atomic E-state index is 11.4. The summed E-state index contributed by atoms with van der Waals surface area (Å²) in [5.74, 6) is -2.41. The molecule has 100 valence electrons. The van der Waals surface area contributed by atoms with E-state index < -0.39 is 42.5 Å². The highest BCUT2D eigenvalue weighted by atomic mass is 16.4. The quantitative estimate of drug-likeness (QED) is 0.412. The number of nitrogens with one attached hydrogen (secondary N) is 2. The Balaban J connectivity index is 2.40. The molecule has 0 spiro atoms. The van der Waals surface area contributed by atoms with Crippen molar-refractivity contribution >= 4 is 23.8 Å². The van der Waals surface area contributed by atoms with Crippen LogP contribution in [0, 0.1) is 0 Å². The molecule has 1 rings (SSSR count). The first-order valence-corrected chi connectivity index (χ1v) is 5.08. The topological polar surface area (TPSA) is 136 Å². The molecule has 0 aromatic rings.